The minimum atomic E-state index is -3.55. The summed E-state index contributed by atoms with van der Waals surface area (Å²) in [6, 6.07) is 6.41. The molecular formula is C12H15N3O2S2. The number of thiazole rings is 1. The van der Waals surface area contributed by atoms with Crippen LogP contribution in [0.15, 0.2) is 34.5 Å². The number of rotatable bonds is 5. The predicted molar refractivity (Wildman–Crippen MR) is 76.6 cm³/mol. The third kappa shape index (κ3) is 3.52. The third-order valence-electron chi connectivity index (χ3n) is 2.55. The number of benzene rings is 1. The second kappa shape index (κ2) is 5.68. The van der Waals surface area contributed by atoms with E-state index in [0.29, 0.717) is 13.0 Å². The Morgan fingerprint density at radius 2 is 2.11 bits per heavy atom. The van der Waals surface area contributed by atoms with Crippen molar-refractivity contribution in [2.24, 2.45) is 0 Å². The molecule has 2 aromatic rings. The summed E-state index contributed by atoms with van der Waals surface area (Å²) >= 11 is 1.55. The fourth-order valence-corrected chi connectivity index (χ4v) is 3.45. The van der Waals surface area contributed by atoms with Crippen molar-refractivity contribution in [3.63, 3.8) is 0 Å². The van der Waals surface area contributed by atoms with Crippen LogP contribution in [0.1, 0.15) is 10.7 Å². The molecule has 1 aromatic heterocycles. The van der Waals surface area contributed by atoms with E-state index in [0.717, 1.165) is 10.7 Å². The Balaban J connectivity index is 2.01. The molecule has 1 heterocycles. The molecule has 0 saturated carbocycles. The van der Waals surface area contributed by atoms with Crippen molar-refractivity contribution in [3.05, 3.63) is 40.3 Å². The van der Waals surface area contributed by atoms with Crippen LogP contribution in [0.25, 0.3) is 0 Å². The predicted octanol–water partition coefficient (Wildman–Crippen LogP) is 1.55. The van der Waals surface area contributed by atoms with E-state index in [1.807, 2.05) is 12.3 Å². The van der Waals surface area contributed by atoms with Gasteiger partial charge in [0, 0.05) is 18.3 Å². The van der Waals surface area contributed by atoms with Gasteiger partial charge in [-0.1, -0.05) is 12.1 Å². The SMILES string of the molecule is Cc1nc(CCNS(=O)(=O)c2ccccc2N)cs1. The van der Waals surface area contributed by atoms with E-state index in [2.05, 4.69) is 9.71 Å². The lowest BCUT2D eigenvalue weighted by Crippen LogP contribution is -2.26. The highest BCUT2D eigenvalue weighted by Crippen LogP contribution is 2.16. The van der Waals surface area contributed by atoms with Crippen molar-refractivity contribution in [2.45, 2.75) is 18.2 Å². The van der Waals surface area contributed by atoms with Gasteiger partial charge in [0.15, 0.2) is 0 Å². The first-order valence-corrected chi connectivity index (χ1v) is 8.10. The molecule has 2 rings (SSSR count). The van der Waals surface area contributed by atoms with Crippen LogP contribution >= 0.6 is 11.3 Å². The second-order valence-corrected chi connectivity index (χ2v) is 6.84. The molecule has 0 radical (unpaired) electrons. The molecule has 0 aliphatic heterocycles. The Morgan fingerprint density at radius 1 is 1.37 bits per heavy atom. The third-order valence-corrected chi connectivity index (χ3v) is 4.91. The summed E-state index contributed by atoms with van der Waals surface area (Å²) in [6.07, 6.45) is 0.566. The summed E-state index contributed by atoms with van der Waals surface area (Å²) in [4.78, 5) is 4.39. The second-order valence-electron chi connectivity index (χ2n) is 4.04. The number of hydrogen-bond acceptors (Lipinski definition) is 5. The van der Waals surface area contributed by atoms with Crippen molar-refractivity contribution in [1.82, 2.24) is 9.71 Å². The highest BCUT2D eigenvalue weighted by atomic mass is 32.2. The Labute approximate surface area is 116 Å². The molecule has 0 unspecified atom stereocenters. The molecule has 0 bridgehead atoms. The molecule has 0 amide bonds. The van der Waals surface area contributed by atoms with Crippen LogP contribution in [0.4, 0.5) is 5.69 Å². The number of aryl methyl sites for hydroxylation is 1. The first-order valence-electron chi connectivity index (χ1n) is 5.74. The maximum Gasteiger partial charge on any atom is 0.242 e. The Hall–Kier alpha value is -1.44. The number of nitrogen functional groups attached to an aromatic ring is 1. The number of nitrogens with two attached hydrogens (primary N) is 1. The normalized spacial score (nSPS) is 11.6. The molecule has 19 heavy (non-hydrogen) atoms. The molecule has 0 fully saturated rings. The molecule has 0 saturated heterocycles. The lowest BCUT2D eigenvalue weighted by atomic mass is 10.3. The molecular weight excluding hydrogens is 282 g/mol. The van der Waals surface area contributed by atoms with E-state index in [1.54, 1.807) is 29.5 Å². The zero-order valence-electron chi connectivity index (χ0n) is 10.5. The van der Waals surface area contributed by atoms with Crippen LogP contribution in [0.2, 0.25) is 0 Å². The van der Waals surface area contributed by atoms with Gasteiger partial charge in [-0.3, -0.25) is 0 Å². The van der Waals surface area contributed by atoms with Gasteiger partial charge in [0.25, 0.3) is 0 Å². The van der Waals surface area contributed by atoms with Crippen LogP contribution in [0, 0.1) is 6.92 Å². The first-order chi connectivity index (χ1) is 8.99. The zero-order chi connectivity index (χ0) is 13.9. The highest BCUT2D eigenvalue weighted by Gasteiger charge is 2.16. The van der Waals surface area contributed by atoms with Crippen LogP contribution in [0.5, 0.6) is 0 Å². The van der Waals surface area contributed by atoms with Crippen molar-refractivity contribution in [1.29, 1.82) is 0 Å². The van der Waals surface area contributed by atoms with Gasteiger partial charge in [-0.05, 0) is 19.1 Å². The Bertz CT molecular complexity index is 665. The van der Waals surface area contributed by atoms with E-state index in [-0.39, 0.29) is 10.6 Å². The monoisotopic (exact) mass is 297 g/mol. The maximum absolute atomic E-state index is 12.0. The topological polar surface area (TPSA) is 85.1 Å². The first kappa shape index (κ1) is 14.0. The van der Waals surface area contributed by atoms with Gasteiger partial charge in [-0.2, -0.15) is 0 Å². The van der Waals surface area contributed by atoms with Crippen molar-refractivity contribution in [3.8, 4) is 0 Å². The van der Waals surface area contributed by atoms with Crippen molar-refractivity contribution >= 4 is 27.0 Å². The summed E-state index contributed by atoms with van der Waals surface area (Å²) in [5, 5.41) is 2.91. The van der Waals surface area contributed by atoms with E-state index in [9.17, 15) is 8.42 Å². The molecule has 0 spiro atoms. The minimum absolute atomic E-state index is 0.115. The van der Waals surface area contributed by atoms with Crippen LogP contribution in [-0.2, 0) is 16.4 Å². The van der Waals surface area contributed by atoms with Gasteiger partial charge in [-0.15, -0.1) is 11.3 Å². The molecule has 102 valence electrons. The molecule has 0 aliphatic rings. The van der Waals surface area contributed by atoms with Gasteiger partial charge in [-0.25, -0.2) is 18.1 Å². The Morgan fingerprint density at radius 3 is 2.74 bits per heavy atom. The van der Waals surface area contributed by atoms with Crippen molar-refractivity contribution < 1.29 is 8.42 Å². The number of aromatic nitrogens is 1. The summed E-state index contributed by atoms with van der Waals surface area (Å²) < 4.78 is 26.6. The molecule has 0 atom stereocenters. The van der Waals surface area contributed by atoms with Gasteiger partial charge in [0.05, 0.1) is 16.4 Å². The fourth-order valence-electron chi connectivity index (χ4n) is 1.64. The summed E-state index contributed by atoms with van der Waals surface area (Å²) in [5.74, 6) is 0. The summed E-state index contributed by atoms with van der Waals surface area (Å²) in [5.41, 5.74) is 6.81. The number of hydrogen-bond donors (Lipinski definition) is 2. The van der Waals surface area contributed by atoms with Gasteiger partial charge < -0.3 is 5.73 Å². The summed E-state index contributed by atoms with van der Waals surface area (Å²) in [7, 11) is -3.55. The number of nitrogens with one attached hydrogen (secondary N) is 1. The van der Waals surface area contributed by atoms with Crippen LogP contribution in [0.3, 0.4) is 0 Å². The standard InChI is InChI=1S/C12H15N3O2S2/c1-9-15-10(8-18-9)6-7-14-19(16,17)12-5-3-2-4-11(12)13/h2-5,8,14H,6-7,13H2,1H3. The Kier molecular flexibility index (Phi) is 4.18. The molecule has 7 heteroatoms. The van der Waals surface area contributed by atoms with Gasteiger partial charge in [0.1, 0.15) is 4.90 Å². The lowest BCUT2D eigenvalue weighted by Gasteiger charge is -2.08. The van der Waals surface area contributed by atoms with Gasteiger partial charge in [0.2, 0.25) is 10.0 Å². The maximum atomic E-state index is 12.0. The number of anilines is 1. The molecule has 5 nitrogen and oxygen atoms in total. The van der Waals surface area contributed by atoms with E-state index >= 15 is 0 Å². The quantitative estimate of drug-likeness (QED) is 0.820. The number of nitrogens with zero attached hydrogens (tertiary/aromatic N) is 1. The van der Waals surface area contributed by atoms with Crippen LogP contribution in [-0.4, -0.2) is 19.9 Å². The average Bonchev–Trinajstić information content (AvgIpc) is 2.75. The van der Waals surface area contributed by atoms with Crippen molar-refractivity contribution in [2.75, 3.05) is 12.3 Å². The molecule has 1 aromatic carbocycles. The molecule has 3 N–H and O–H groups in total. The number of sulfonamides is 1. The summed E-state index contributed by atoms with van der Waals surface area (Å²) in [6.45, 7) is 2.23. The van der Waals surface area contributed by atoms with E-state index in [1.165, 1.54) is 6.07 Å². The number of para-hydroxylation sites is 1. The van der Waals surface area contributed by atoms with E-state index < -0.39 is 10.0 Å². The van der Waals surface area contributed by atoms with E-state index in [4.69, 9.17) is 5.73 Å². The fraction of sp³-hybridized carbons (Fsp3) is 0.250. The lowest BCUT2D eigenvalue weighted by molar-refractivity contribution is 0.582. The van der Waals surface area contributed by atoms with Gasteiger partial charge >= 0.3 is 0 Å². The zero-order valence-corrected chi connectivity index (χ0v) is 12.1. The average molecular weight is 297 g/mol. The molecule has 0 aliphatic carbocycles. The smallest absolute Gasteiger partial charge is 0.242 e. The highest BCUT2D eigenvalue weighted by molar-refractivity contribution is 7.89. The minimum Gasteiger partial charge on any atom is -0.398 e. The largest absolute Gasteiger partial charge is 0.398 e. The van der Waals surface area contributed by atoms with Crippen LogP contribution < -0.4 is 10.5 Å².